The van der Waals surface area contributed by atoms with E-state index in [9.17, 15) is 9.59 Å². The number of rotatable bonds is 6. The summed E-state index contributed by atoms with van der Waals surface area (Å²) in [6.07, 6.45) is 1.93. The van der Waals surface area contributed by atoms with Gasteiger partial charge < -0.3 is 15.1 Å². The van der Waals surface area contributed by atoms with Gasteiger partial charge in [-0.15, -0.1) is 0 Å². The number of piperazine rings is 1. The van der Waals surface area contributed by atoms with Crippen molar-refractivity contribution in [2.24, 2.45) is 0 Å². The van der Waals surface area contributed by atoms with Gasteiger partial charge in [0.15, 0.2) is 0 Å². The number of halogens is 1. The highest BCUT2D eigenvalue weighted by atomic mass is 35.5. The van der Waals surface area contributed by atoms with Crippen LogP contribution in [0.3, 0.4) is 0 Å². The monoisotopic (exact) mass is 546 g/mol. The molecule has 0 spiro atoms. The summed E-state index contributed by atoms with van der Waals surface area (Å²) in [6, 6.07) is 21.6. The normalized spacial score (nSPS) is 17.0. The molecule has 8 heteroatoms. The van der Waals surface area contributed by atoms with Crippen molar-refractivity contribution in [2.75, 3.05) is 56.1 Å². The second-order valence-corrected chi connectivity index (χ2v) is 11.2. The maximum atomic E-state index is 13.1. The zero-order valence-electron chi connectivity index (χ0n) is 21.6. The van der Waals surface area contributed by atoms with E-state index in [0.29, 0.717) is 17.0 Å². The first-order valence-electron chi connectivity index (χ1n) is 12.8. The molecule has 1 N–H and O–H groups in total. The van der Waals surface area contributed by atoms with Crippen LogP contribution in [0.25, 0.3) is 6.08 Å². The van der Waals surface area contributed by atoms with Crippen molar-refractivity contribution in [1.29, 1.82) is 0 Å². The molecule has 0 bridgehead atoms. The van der Waals surface area contributed by atoms with Gasteiger partial charge >= 0.3 is 0 Å². The van der Waals surface area contributed by atoms with Crippen molar-refractivity contribution in [3.05, 3.63) is 93.3 Å². The average Bonchev–Trinajstić information content (AvgIpc) is 2.92. The quantitative estimate of drug-likeness (QED) is 0.425. The van der Waals surface area contributed by atoms with Gasteiger partial charge in [0, 0.05) is 67.5 Å². The van der Waals surface area contributed by atoms with E-state index < -0.39 is 0 Å². The van der Waals surface area contributed by atoms with E-state index in [2.05, 4.69) is 27.2 Å². The second-order valence-electron chi connectivity index (χ2n) is 9.64. The van der Waals surface area contributed by atoms with Crippen molar-refractivity contribution >= 4 is 52.6 Å². The summed E-state index contributed by atoms with van der Waals surface area (Å²) in [6.45, 7) is 7.12. The van der Waals surface area contributed by atoms with Gasteiger partial charge in [-0.1, -0.05) is 59.3 Å². The first kappa shape index (κ1) is 26.4. The molecule has 0 unspecified atom stereocenters. The van der Waals surface area contributed by atoms with Gasteiger partial charge in [-0.05, 0) is 55.0 Å². The highest BCUT2D eigenvalue weighted by Crippen LogP contribution is 2.42. The lowest BCUT2D eigenvalue weighted by Crippen LogP contribution is -2.48. The number of carbonyl (C=O) groups is 2. The summed E-state index contributed by atoms with van der Waals surface area (Å²) in [5.74, 6) is -0.198. The van der Waals surface area contributed by atoms with Gasteiger partial charge in [-0.3, -0.25) is 14.5 Å². The fourth-order valence-corrected chi connectivity index (χ4v) is 6.06. The number of fused-ring (bicyclic) bond motifs is 1. The highest BCUT2D eigenvalue weighted by molar-refractivity contribution is 8.04. The number of benzene rings is 3. The number of hydrogen-bond donors (Lipinski definition) is 1. The van der Waals surface area contributed by atoms with E-state index >= 15 is 0 Å². The predicted octanol–water partition coefficient (Wildman–Crippen LogP) is 5.31. The molecule has 196 valence electrons. The summed E-state index contributed by atoms with van der Waals surface area (Å²) >= 11 is 7.58. The predicted molar refractivity (Wildman–Crippen MR) is 157 cm³/mol. The van der Waals surface area contributed by atoms with E-state index in [1.807, 2.05) is 67.6 Å². The van der Waals surface area contributed by atoms with Crippen LogP contribution in [-0.2, 0) is 4.79 Å². The molecule has 3 aromatic rings. The van der Waals surface area contributed by atoms with E-state index in [0.717, 1.165) is 65.1 Å². The third-order valence-corrected chi connectivity index (χ3v) is 8.23. The number of hydrogen-bond acceptors (Lipinski definition) is 5. The Morgan fingerprint density at radius 2 is 1.82 bits per heavy atom. The van der Waals surface area contributed by atoms with Crippen molar-refractivity contribution in [2.45, 2.75) is 11.8 Å². The number of thioether (sulfide) groups is 1. The molecule has 2 aliphatic heterocycles. The topological polar surface area (TPSA) is 55.9 Å². The van der Waals surface area contributed by atoms with Gasteiger partial charge in [0.05, 0.1) is 10.6 Å². The van der Waals surface area contributed by atoms with Crippen LogP contribution in [0.15, 0.2) is 76.5 Å². The van der Waals surface area contributed by atoms with Crippen molar-refractivity contribution in [3.63, 3.8) is 0 Å². The molecule has 0 saturated carbocycles. The van der Waals surface area contributed by atoms with Crippen molar-refractivity contribution in [1.82, 2.24) is 10.2 Å². The van der Waals surface area contributed by atoms with Crippen LogP contribution in [0.5, 0.6) is 0 Å². The fraction of sp³-hybridized carbons (Fsp3) is 0.267. The largest absolute Gasteiger partial charge is 0.369 e. The van der Waals surface area contributed by atoms with Crippen molar-refractivity contribution < 1.29 is 9.59 Å². The molecule has 0 aliphatic carbocycles. The number of likely N-dealkylation sites (N-methyl/N-ethyl adjacent to an activating group) is 1. The molecule has 0 radical (unpaired) electrons. The van der Waals surface area contributed by atoms with E-state index in [4.69, 9.17) is 11.6 Å². The summed E-state index contributed by atoms with van der Waals surface area (Å²) < 4.78 is 0. The Kier molecular flexibility index (Phi) is 8.07. The Morgan fingerprint density at radius 1 is 1.03 bits per heavy atom. The molecule has 5 rings (SSSR count). The molecule has 0 atom stereocenters. The van der Waals surface area contributed by atoms with Gasteiger partial charge in [-0.2, -0.15) is 0 Å². The summed E-state index contributed by atoms with van der Waals surface area (Å²) in [4.78, 5) is 33.9. The summed E-state index contributed by atoms with van der Waals surface area (Å²) in [7, 11) is 1.76. The number of anilines is 2. The average molecular weight is 547 g/mol. The Balaban J connectivity index is 1.15. The van der Waals surface area contributed by atoms with Crippen LogP contribution in [0.4, 0.5) is 11.4 Å². The van der Waals surface area contributed by atoms with Crippen LogP contribution < -0.4 is 15.1 Å². The Labute approximate surface area is 233 Å². The first-order valence-corrected chi connectivity index (χ1v) is 14.0. The number of nitrogens with one attached hydrogen (secondary N) is 1. The highest BCUT2D eigenvalue weighted by Gasteiger charge is 2.27. The molecule has 2 heterocycles. The Hall–Kier alpha value is -3.26. The maximum Gasteiger partial charge on any atom is 0.264 e. The SMILES string of the molecule is Cc1cccc(/C=C2\Sc3ccc(C(=O)NCCN4CCN(c5cccc(Cl)c5)CC4)cc3N(C)C2=O)c1. The molecule has 2 aliphatic rings. The molecule has 6 nitrogen and oxygen atoms in total. The van der Waals surface area contributed by atoms with E-state index in [1.54, 1.807) is 11.9 Å². The molecular weight excluding hydrogens is 516 g/mol. The lowest BCUT2D eigenvalue weighted by atomic mass is 10.1. The van der Waals surface area contributed by atoms with E-state index in [-0.39, 0.29) is 11.8 Å². The third-order valence-electron chi connectivity index (χ3n) is 6.92. The molecule has 1 fully saturated rings. The molecule has 3 aromatic carbocycles. The van der Waals surface area contributed by atoms with Gasteiger partial charge in [0.2, 0.25) is 0 Å². The first-order chi connectivity index (χ1) is 18.4. The van der Waals surface area contributed by atoms with Crippen molar-refractivity contribution in [3.8, 4) is 0 Å². The number of carbonyl (C=O) groups excluding carboxylic acids is 2. The minimum absolute atomic E-state index is 0.0709. The minimum atomic E-state index is -0.127. The third kappa shape index (κ3) is 6.07. The molecular formula is C30H31ClN4O2S. The number of nitrogens with zero attached hydrogens (tertiary/aromatic N) is 3. The maximum absolute atomic E-state index is 13.1. The summed E-state index contributed by atoms with van der Waals surface area (Å²) in [5, 5.41) is 3.80. The van der Waals surface area contributed by atoms with Gasteiger partial charge in [0.1, 0.15) is 0 Å². The lowest BCUT2D eigenvalue weighted by Gasteiger charge is -2.36. The Bertz CT molecular complexity index is 1380. The molecule has 0 aromatic heterocycles. The molecule has 38 heavy (non-hydrogen) atoms. The van der Waals surface area contributed by atoms with Crippen LogP contribution in [0.2, 0.25) is 5.02 Å². The van der Waals surface area contributed by atoms with Crippen LogP contribution in [0.1, 0.15) is 21.5 Å². The van der Waals surface area contributed by atoms with Gasteiger partial charge in [0.25, 0.3) is 11.8 Å². The van der Waals surface area contributed by atoms with Crippen LogP contribution in [-0.4, -0.2) is 63.0 Å². The fourth-order valence-electron chi connectivity index (χ4n) is 4.78. The molecule has 1 saturated heterocycles. The van der Waals surface area contributed by atoms with E-state index in [1.165, 1.54) is 11.8 Å². The number of aryl methyl sites for hydroxylation is 1. The summed E-state index contributed by atoms with van der Waals surface area (Å²) in [5.41, 5.74) is 4.61. The Morgan fingerprint density at radius 3 is 2.58 bits per heavy atom. The smallest absolute Gasteiger partial charge is 0.264 e. The zero-order valence-corrected chi connectivity index (χ0v) is 23.2. The molecule has 2 amide bonds. The number of amides is 2. The zero-order chi connectivity index (χ0) is 26.6. The second kappa shape index (κ2) is 11.6. The van der Waals surface area contributed by atoms with Crippen LogP contribution >= 0.6 is 23.4 Å². The lowest BCUT2D eigenvalue weighted by molar-refractivity contribution is -0.114. The minimum Gasteiger partial charge on any atom is -0.369 e. The standard InChI is InChI=1S/C30H31ClN4O2S/c1-21-5-3-6-22(17-21)18-28-30(37)33(2)26-19-23(9-10-27(26)38-28)29(36)32-11-12-34-13-15-35(16-14-34)25-8-4-7-24(31)20-25/h3-10,17-20H,11-16H2,1-2H3,(H,32,36)/b28-18-. The van der Waals surface area contributed by atoms with Crippen LogP contribution in [0, 0.1) is 6.92 Å². The van der Waals surface area contributed by atoms with Gasteiger partial charge in [-0.25, -0.2) is 0 Å².